The van der Waals surface area contributed by atoms with Crippen LogP contribution in [-0.4, -0.2) is 36.2 Å². The Kier molecular flexibility index (Phi) is 5.44. The van der Waals surface area contributed by atoms with Crippen LogP contribution in [0.3, 0.4) is 0 Å². The predicted octanol–water partition coefficient (Wildman–Crippen LogP) is 2.83. The van der Waals surface area contributed by atoms with Gasteiger partial charge >= 0.3 is 0 Å². The Morgan fingerprint density at radius 3 is 2.40 bits per heavy atom. The quantitative estimate of drug-likeness (QED) is 0.838. The molecule has 0 saturated carbocycles. The second-order valence-corrected chi connectivity index (χ2v) is 6.32. The average molecular weight is 276 g/mol. The van der Waals surface area contributed by atoms with Crippen LogP contribution in [0.4, 0.5) is 0 Å². The van der Waals surface area contributed by atoms with E-state index < -0.39 is 0 Å². The van der Waals surface area contributed by atoms with E-state index in [0.717, 1.165) is 24.2 Å². The summed E-state index contributed by atoms with van der Waals surface area (Å²) in [6, 6.07) is 4.14. The average Bonchev–Trinajstić information content (AvgIpc) is 2.88. The summed E-state index contributed by atoms with van der Waals surface area (Å²) in [6.45, 7) is 11.9. The smallest absolute Gasteiger partial charge is 0.121 e. The minimum atomic E-state index is 0.427. The third-order valence-corrected chi connectivity index (χ3v) is 4.14. The molecule has 0 amide bonds. The van der Waals surface area contributed by atoms with Gasteiger partial charge in [0, 0.05) is 13.1 Å². The Morgan fingerprint density at radius 1 is 1.20 bits per heavy atom. The van der Waals surface area contributed by atoms with Crippen LogP contribution in [0.5, 0.6) is 5.75 Å². The van der Waals surface area contributed by atoms with Crippen LogP contribution in [0.2, 0.25) is 0 Å². The van der Waals surface area contributed by atoms with Gasteiger partial charge in [-0.05, 0) is 68.9 Å². The number of aryl methyl sites for hydroxylation is 2. The van der Waals surface area contributed by atoms with E-state index in [2.05, 4.69) is 29.3 Å². The van der Waals surface area contributed by atoms with Crippen molar-refractivity contribution >= 4 is 0 Å². The number of hydrogen-bond donors (Lipinski definition) is 2. The molecule has 3 heteroatoms. The van der Waals surface area contributed by atoms with Crippen molar-refractivity contribution < 1.29 is 5.11 Å². The number of likely N-dealkylation sites (tertiary alicyclic amines) is 1. The number of rotatable bonds is 6. The molecule has 1 aliphatic heterocycles. The van der Waals surface area contributed by atoms with Gasteiger partial charge in [-0.2, -0.15) is 0 Å². The molecule has 0 aliphatic carbocycles. The number of nitrogens with zero attached hydrogens (tertiary/aromatic N) is 1. The standard InChI is InChI=1S/C17H28N2O/c1-13(12-19-6-4-5-7-19)10-18-11-16-8-14(2)17(20)15(3)9-16/h8-9,13,18,20H,4-7,10-12H2,1-3H3. The summed E-state index contributed by atoms with van der Waals surface area (Å²) >= 11 is 0. The van der Waals surface area contributed by atoms with E-state index in [1.54, 1.807) is 0 Å². The molecule has 1 heterocycles. The zero-order chi connectivity index (χ0) is 14.5. The zero-order valence-corrected chi connectivity index (χ0v) is 13.1. The van der Waals surface area contributed by atoms with Crippen LogP contribution in [0.1, 0.15) is 36.5 Å². The van der Waals surface area contributed by atoms with E-state index in [1.807, 2.05) is 13.8 Å². The SMILES string of the molecule is Cc1cc(CNCC(C)CN2CCCC2)cc(C)c1O. The summed E-state index contributed by atoms with van der Waals surface area (Å²) in [5.74, 6) is 1.11. The molecular formula is C17H28N2O. The minimum absolute atomic E-state index is 0.427. The third-order valence-electron chi connectivity index (χ3n) is 4.14. The second kappa shape index (κ2) is 7.09. The summed E-state index contributed by atoms with van der Waals surface area (Å²) in [7, 11) is 0. The molecule has 2 rings (SSSR count). The van der Waals surface area contributed by atoms with Crippen LogP contribution < -0.4 is 5.32 Å². The lowest BCUT2D eigenvalue weighted by Crippen LogP contribution is -2.31. The Hall–Kier alpha value is -1.06. The fourth-order valence-electron chi connectivity index (χ4n) is 3.08. The van der Waals surface area contributed by atoms with Crippen LogP contribution >= 0.6 is 0 Å². The topological polar surface area (TPSA) is 35.5 Å². The summed E-state index contributed by atoms with van der Waals surface area (Å²) in [6.07, 6.45) is 2.73. The molecule has 112 valence electrons. The highest BCUT2D eigenvalue weighted by molar-refractivity contribution is 5.42. The molecule has 2 N–H and O–H groups in total. The lowest BCUT2D eigenvalue weighted by atomic mass is 10.1. The maximum absolute atomic E-state index is 9.78. The molecule has 0 radical (unpaired) electrons. The molecule has 0 bridgehead atoms. The molecule has 20 heavy (non-hydrogen) atoms. The van der Waals surface area contributed by atoms with E-state index in [-0.39, 0.29) is 0 Å². The van der Waals surface area contributed by atoms with Gasteiger partial charge in [-0.25, -0.2) is 0 Å². The van der Waals surface area contributed by atoms with Gasteiger partial charge in [0.2, 0.25) is 0 Å². The lowest BCUT2D eigenvalue weighted by Gasteiger charge is -2.20. The maximum atomic E-state index is 9.78. The highest BCUT2D eigenvalue weighted by atomic mass is 16.3. The summed E-state index contributed by atoms with van der Waals surface area (Å²) in [4.78, 5) is 2.57. The number of phenolic OH excluding ortho intramolecular Hbond substituents is 1. The lowest BCUT2D eigenvalue weighted by molar-refractivity contribution is 0.282. The van der Waals surface area contributed by atoms with Gasteiger partial charge in [0.1, 0.15) is 5.75 Å². The van der Waals surface area contributed by atoms with E-state index in [4.69, 9.17) is 0 Å². The molecule has 1 aromatic carbocycles. The third kappa shape index (κ3) is 4.22. The number of aromatic hydroxyl groups is 1. The van der Waals surface area contributed by atoms with E-state index in [9.17, 15) is 5.11 Å². The summed E-state index contributed by atoms with van der Waals surface area (Å²) < 4.78 is 0. The van der Waals surface area contributed by atoms with Gasteiger partial charge in [-0.1, -0.05) is 19.1 Å². The van der Waals surface area contributed by atoms with Crippen LogP contribution in [0.25, 0.3) is 0 Å². The molecule has 1 aliphatic rings. The summed E-state index contributed by atoms with van der Waals surface area (Å²) in [5, 5.41) is 13.3. The van der Waals surface area contributed by atoms with Crippen molar-refractivity contribution in [1.29, 1.82) is 0 Å². The van der Waals surface area contributed by atoms with Crippen molar-refractivity contribution in [3.8, 4) is 5.75 Å². The molecule has 1 fully saturated rings. The van der Waals surface area contributed by atoms with Crippen molar-refractivity contribution in [3.63, 3.8) is 0 Å². The van der Waals surface area contributed by atoms with Gasteiger partial charge in [0.05, 0.1) is 0 Å². The molecule has 0 aromatic heterocycles. The molecule has 3 nitrogen and oxygen atoms in total. The number of benzene rings is 1. The molecule has 1 unspecified atom stereocenters. The Labute approximate surface area is 123 Å². The second-order valence-electron chi connectivity index (χ2n) is 6.32. The first-order valence-corrected chi connectivity index (χ1v) is 7.78. The first kappa shape index (κ1) is 15.3. The molecular weight excluding hydrogens is 248 g/mol. The zero-order valence-electron chi connectivity index (χ0n) is 13.1. The van der Waals surface area contributed by atoms with Crippen LogP contribution in [-0.2, 0) is 6.54 Å². The van der Waals surface area contributed by atoms with Gasteiger partial charge in [0.15, 0.2) is 0 Å². The maximum Gasteiger partial charge on any atom is 0.121 e. The minimum Gasteiger partial charge on any atom is -0.507 e. The summed E-state index contributed by atoms with van der Waals surface area (Å²) in [5.41, 5.74) is 3.19. The number of nitrogens with one attached hydrogen (secondary N) is 1. The van der Waals surface area contributed by atoms with Gasteiger partial charge in [-0.15, -0.1) is 0 Å². The monoisotopic (exact) mass is 276 g/mol. The van der Waals surface area contributed by atoms with Crippen molar-refractivity contribution in [3.05, 3.63) is 28.8 Å². The van der Waals surface area contributed by atoms with Gasteiger partial charge in [-0.3, -0.25) is 0 Å². The van der Waals surface area contributed by atoms with E-state index in [0.29, 0.717) is 11.7 Å². The molecule has 1 atom stereocenters. The van der Waals surface area contributed by atoms with Crippen molar-refractivity contribution in [2.75, 3.05) is 26.2 Å². The number of hydrogen-bond acceptors (Lipinski definition) is 3. The highest BCUT2D eigenvalue weighted by Gasteiger charge is 2.14. The first-order chi connectivity index (χ1) is 9.56. The molecule has 1 aromatic rings. The van der Waals surface area contributed by atoms with Crippen molar-refractivity contribution in [2.24, 2.45) is 5.92 Å². The highest BCUT2D eigenvalue weighted by Crippen LogP contribution is 2.22. The van der Waals surface area contributed by atoms with Crippen LogP contribution in [0, 0.1) is 19.8 Å². The Morgan fingerprint density at radius 2 is 1.80 bits per heavy atom. The van der Waals surface area contributed by atoms with E-state index >= 15 is 0 Å². The van der Waals surface area contributed by atoms with Crippen molar-refractivity contribution in [1.82, 2.24) is 10.2 Å². The normalized spacial score (nSPS) is 17.6. The van der Waals surface area contributed by atoms with Gasteiger partial charge in [0.25, 0.3) is 0 Å². The van der Waals surface area contributed by atoms with Crippen molar-refractivity contribution in [2.45, 2.75) is 40.2 Å². The van der Waals surface area contributed by atoms with E-state index in [1.165, 1.54) is 38.0 Å². The number of phenols is 1. The Bertz CT molecular complexity index is 416. The molecule has 0 spiro atoms. The Balaban J connectivity index is 1.74. The van der Waals surface area contributed by atoms with Gasteiger partial charge < -0.3 is 15.3 Å². The first-order valence-electron chi connectivity index (χ1n) is 7.78. The largest absolute Gasteiger partial charge is 0.507 e. The fraction of sp³-hybridized carbons (Fsp3) is 0.647. The predicted molar refractivity (Wildman–Crippen MR) is 84.1 cm³/mol. The fourth-order valence-corrected chi connectivity index (χ4v) is 3.08. The molecule has 1 saturated heterocycles. The van der Waals surface area contributed by atoms with Crippen LogP contribution in [0.15, 0.2) is 12.1 Å².